The van der Waals surface area contributed by atoms with Crippen LogP contribution < -0.4 is 19.9 Å². The first-order valence-corrected chi connectivity index (χ1v) is 14.0. The molecule has 0 saturated carbocycles. The molecule has 7 rings (SSSR count). The number of aromatic nitrogens is 4. The van der Waals surface area contributed by atoms with E-state index >= 15 is 4.39 Å². The normalized spacial score (nSPS) is 16.6. The van der Waals surface area contributed by atoms with Crippen LogP contribution in [0, 0.1) is 19.7 Å². The molecule has 1 unspecified atom stereocenters. The Morgan fingerprint density at radius 3 is 2.76 bits per heavy atom. The molecule has 10 heteroatoms. The monoisotopic (exact) mass is 553 g/mol. The number of ether oxygens (including phenoxy) is 1. The zero-order chi connectivity index (χ0) is 28.2. The number of nitrogens with zero attached hydrogens (tertiary/aromatic N) is 6. The molecule has 1 saturated heterocycles. The number of hydrogen-bond acceptors (Lipinski definition) is 8. The van der Waals surface area contributed by atoms with Gasteiger partial charge in [0.1, 0.15) is 30.1 Å². The largest absolute Gasteiger partial charge is 0.489 e. The smallest absolute Gasteiger partial charge is 0.227 e. The van der Waals surface area contributed by atoms with E-state index in [4.69, 9.17) is 14.1 Å². The maximum Gasteiger partial charge on any atom is 0.227 e. The number of anilines is 4. The molecule has 1 atom stereocenters. The van der Waals surface area contributed by atoms with Crippen LogP contribution in [0.5, 0.6) is 5.75 Å². The average molecular weight is 554 g/mol. The number of nitrogens with one attached hydrogen (secondary N) is 1. The SMILES string of the molecule is Cc1cc(-c2nc(Nc3ccc4c(c3)OCC3CN(c5ccoc5)CCN43)ncc2F)cc2c1nc(C)n2C(C)C. The van der Waals surface area contributed by atoms with Crippen molar-refractivity contribution in [3.05, 3.63) is 72.3 Å². The first kappa shape index (κ1) is 25.4. The summed E-state index contributed by atoms with van der Waals surface area (Å²) in [7, 11) is 0. The molecular weight excluding hydrogens is 521 g/mol. The Morgan fingerprint density at radius 2 is 1.95 bits per heavy atom. The van der Waals surface area contributed by atoms with Gasteiger partial charge in [-0.25, -0.2) is 19.3 Å². The molecule has 3 aromatic heterocycles. The average Bonchev–Trinajstić information content (AvgIpc) is 3.62. The van der Waals surface area contributed by atoms with Crippen LogP contribution in [0.2, 0.25) is 0 Å². The predicted octanol–water partition coefficient (Wildman–Crippen LogP) is 6.25. The number of fused-ring (bicyclic) bond motifs is 4. The summed E-state index contributed by atoms with van der Waals surface area (Å²) in [5.74, 6) is 1.58. The number of benzene rings is 2. The van der Waals surface area contributed by atoms with Gasteiger partial charge in [-0.2, -0.15) is 0 Å². The third-order valence-electron chi connectivity index (χ3n) is 8.01. The van der Waals surface area contributed by atoms with Gasteiger partial charge >= 0.3 is 0 Å². The number of rotatable bonds is 5. The zero-order valence-electron chi connectivity index (χ0n) is 23.6. The standard InChI is InChI=1S/C31H32FN7O2/c1-18(2)39-20(4)34-29-19(3)11-21(12-27(29)39)30-25(32)14-33-31(36-30)35-22-5-6-26-28(13-22)41-17-24-15-37(8-9-38(24)26)23-7-10-40-16-23/h5-7,10-14,16,18,24H,8-9,15,17H2,1-4H3,(H,33,35,36). The molecule has 210 valence electrons. The number of imidazole rings is 1. The molecule has 0 amide bonds. The molecule has 2 aromatic carbocycles. The van der Waals surface area contributed by atoms with Gasteiger partial charge in [-0.1, -0.05) is 0 Å². The van der Waals surface area contributed by atoms with Crippen molar-refractivity contribution in [3.63, 3.8) is 0 Å². The van der Waals surface area contributed by atoms with E-state index < -0.39 is 5.82 Å². The molecule has 5 aromatic rings. The van der Waals surface area contributed by atoms with Crippen LogP contribution in [0.4, 0.5) is 27.4 Å². The van der Waals surface area contributed by atoms with Crippen molar-refractivity contribution in [2.45, 2.75) is 39.8 Å². The van der Waals surface area contributed by atoms with E-state index in [1.807, 2.05) is 44.2 Å². The molecular formula is C31H32FN7O2. The first-order chi connectivity index (χ1) is 19.9. The van der Waals surface area contributed by atoms with Crippen LogP contribution in [0.3, 0.4) is 0 Å². The number of piperazine rings is 1. The number of halogens is 1. The molecule has 9 nitrogen and oxygen atoms in total. The third-order valence-corrected chi connectivity index (χ3v) is 8.01. The zero-order valence-corrected chi connectivity index (χ0v) is 23.6. The number of aryl methyl sites for hydroxylation is 2. The maximum atomic E-state index is 15.1. The Kier molecular flexibility index (Phi) is 6.06. The van der Waals surface area contributed by atoms with Gasteiger partial charge in [-0.05, 0) is 63.6 Å². The minimum atomic E-state index is -0.476. The van der Waals surface area contributed by atoms with Crippen LogP contribution in [0.1, 0.15) is 31.3 Å². The molecule has 41 heavy (non-hydrogen) atoms. The fraction of sp³-hybridized carbons (Fsp3) is 0.323. The van der Waals surface area contributed by atoms with Gasteiger partial charge in [0.05, 0.1) is 40.9 Å². The summed E-state index contributed by atoms with van der Waals surface area (Å²) in [4.78, 5) is 18.3. The lowest BCUT2D eigenvalue weighted by Crippen LogP contribution is -2.57. The van der Waals surface area contributed by atoms with Crippen molar-refractivity contribution in [2.75, 3.05) is 41.4 Å². The summed E-state index contributed by atoms with van der Waals surface area (Å²) in [6, 6.07) is 12.4. The van der Waals surface area contributed by atoms with Crippen molar-refractivity contribution in [3.8, 4) is 17.0 Å². The van der Waals surface area contributed by atoms with Crippen LogP contribution in [-0.4, -0.2) is 51.8 Å². The second kappa shape index (κ2) is 9.79. The Balaban J connectivity index is 1.14. The highest BCUT2D eigenvalue weighted by atomic mass is 19.1. The van der Waals surface area contributed by atoms with E-state index in [-0.39, 0.29) is 17.8 Å². The molecule has 0 bridgehead atoms. The quantitative estimate of drug-likeness (QED) is 0.273. The van der Waals surface area contributed by atoms with Gasteiger partial charge in [-0.15, -0.1) is 0 Å². The van der Waals surface area contributed by atoms with Crippen molar-refractivity contribution >= 4 is 34.0 Å². The van der Waals surface area contributed by atoms with Crippen LogP contribution in [0.15, 0.2) is 59.5 Å². The Morgan fingerprint density at radius 1 is 1.07 bits per heavy atom. The number of furan rings is 1. The fourth-order valence-electron chi connectivity index (χ4n) is 6.15. The summed E-state index contributed by atoms with van der Waals surface area (Å²) < 4.78 is 28.7. The molecule has 2 aliphatic rings. The minimum Gasteiger partial charge on any atom is -0.489 e. The van der Waals surface area contributed by atoms with Gasteiger partial charge in [0.15, 0.2) is 5.82 Å². The molecule has 0 radical (unpaired) electrons. The van der Waals surface area contributed by atoms with Gasteiger partial charge in [0, 0.05) is 43.0 Å². The van der Waals surface area contributed by atoms with E-state index in [0.717, 1.165) is 64.9 Å². The lowest BCUT2D eigenvalue weighted by Gasteiger charge is -2.46. The molecule has 0 spiro atoms. The molecule has 2 aliphatic heterocycles. The highest BCUT2D eigenvalue weighted by Gasteiger charge is 2.33. The van der Waals surface area contributed by atoms with Gasteiger partial charge in [0.2, 0.25) is 5.95 Å². The summed E-state index contributed by atoms with van der Waals surface area (Å²) in [6.45, 7) is 11.5. The Bertz CT molecular complexity index is 1750. The van der Waals surface area contributed by atoms with E-state index in [1.165, 1.54) is 6.20 Å². The first-order valence-electron chi connectivity index (χ1n) is 14.0. The second-order valence-electron chi connectivity index (χ2n) is 11.1. The molecule has 1 N–H and O–H groups in total. The van der Waals surface area contributed by atoms with Crippen LogP contribution in [0.25, 0.3) is 22.3 Å². The van der Waals surface area contributed by atoms with Gasteiger partial charge in [0.25, 0.3) is 0 Å². The van der Waals surface area contributed by atoms with E-state index in [0.29, 0.717) is 18.1 Å². The van der Waals surface area contributed by atoms with Crippen LogP contribution in [-0.2, 0) is 0 Å². The van der Waals surface area contributed by atoms with Crippen LogP contribution >= 0.6 is 0 Å². The molecule has 0 aliphatic carbocycles. The lowest BCUT2D eigenvalue weighted by atomic mass is 10.1. The summed E-state index contributed by atoms with van der Waals surface area (Å²) >= 11 is 0. The van der Waals surface area contributed by atoms with Crippen molar-refractivity contribution in [1.29, 1.82) is 0 Å². The lowest BCUT2D eigenvalue weighted by molar-refractivity contribution is 0.255. The Hall–Kier alpha value is -4.60. The molecule has 5 heterocycles. The van der Waals surface area contributed by atoms with Gasteiger partial charge < -0.3 is 28.8 Å². The van der Waals surface area contributed by atoms with Crippen molar-refractivity contribution < 1.29 is 13.5 Å². The second-order valence-corrected chi connectivity index (χ2v) is 11.1. The highest BCUT2D eigenvalue weighted by molar-refractivity contribution is 5.85. The van der Waals surface area contributed by atoms with Crippen molar-refractivity contribution in [1.82, 2.24) is 19.5 Å². The molecule has 1 fully saturated rings. The summed E-state index contributed by atoms with van der Waals surface area (Å²) in [5, 5.41) is 3.25. The minimum absolute atomic E-state index is 0.226. The van der Waals surface area contributed by atoms with Gasteiger partial charge in [-0.3, -0.25) is 0 Å². The van der Waals surface area contributed by atoms with Crippen molar-refractivity contribution in [2.24, 2.45) is 0 Å². The highest BCUT2D eigenvalue weighted by Crippen LogP contribution is 2.38. The predicted molar refractivity (Wildman–Crippen MR) is 158 cm³/mol. The Labute approximate surface area is 237 Å². The fourth-order valence-corrected chi connectivity index (χ4v) is 6.15. The third kappa shape index (κ3) is 4.43. The number of hydrogen-bond donors (Lipinski definition) is 1. The van der Waals surface area contributed by atoms with E-state index in [2.05, 4.69) is 49.6 Å². The summed E-state index contributed by atoms with van der Waals surface area (Å²) in [5.41, 5.74) is 6.75. The summed E-state index contributed by atoms with van der Waals surface area (Å²) in [6.07, 6.45) is 4.71. The maximum absolute atomic E-state index is 15.1. The van der Waals surface area contributed by atoms with E-state index in [1.54, 1.807) is 12.5 Å². The van der Waals surface area contributed by atoms with E-state index in [9.17, 15) is 0 Å². The topological polar surface area (TPSA) is 84.5 Å².